The van der Waals surface area contributed by atoms with Crippen molar-refractivity contribution in [2.24, 2.45) is 0 Å². The van der Waals surface area contributed by atoms with Gasteiger partial charge >= 0.3 is 0 Å². The maximum absolute atomic E-state index is 12.1. The van der Waals surface area contributed by atoms with E-state index >= 15 is 0 Å². The summed E-state index contributed by atoms with van der Waals surface area (Å²) in [5.74, 6) is 0.257. The second-order valence-corrected chi connectivity index (χ2v) is 6.66. The van der Waals surface area contributed by atoms with Gasteiger partial charge in [0.1, 0.15) is 5.75 Å². The number of hydrogen-bond donors (Lipinski definition) is 1. The van der Waals surface area contributed by atoms with Crippen molar-refractivity contribution in [1.29, 1.82) is 5.26 Å². The number of rotatable bonds is 4. The van der Waals surface area contributed by atoms with E-state index < -0.39 is 0 Å². The monoisotopic (exact) mass is 359 g/mol. The Morgan fingerprint density at radius 1 is 1.12 bits per heavy atom. The van der Waals surface area contributed by atoms with Gasteiger partial charge in [0.15, 0.2) is 11.7 Å². The van der Waals surface area contributed by atoms with Crippen LogP contribution in [0, 0.1) is 11.3 Å². The molecule has 26 heavy (non-hydrogen) atoms. The van der Waals surface area contributed by atoms with Crippen molar-refractivity contribution in [3.05, 3.63) is 66.2 Å². The molecule has 126 valence electrons. The molecule has 0 radical (unpaired) electrons. The number of ether oxygens (including phenoxy) is 1. The molecule has 1 N–H and O–H groups in total. The third-order valence-electron chi connectivity index (χ3n) is 3.88. The lowest BCUT2D eigenvalue weighted by Gasteiger charge is -2.05. The number of aromatic nitrogens is 1. The number of hydrogen-bond acceptors (Lipinski definition) is 5. The molecule has 0 aliphatic carbocycles. The van der Waals surface area contributed by atoms with E-state index in [0.717, 1.165) is 21.0 Å². The number of carbonyl (C=O) groups is 1. The van der Waals surface area contributed by atoms with E-state index in [4.69, 9.17) is 10.00 Å². The van der Waals surface area contributed by atoms with Gasteiger partial charge in [-0.15, -0.1) is 0 Å². The summed E-state index contributed by atoms with van der Waals surface area (Å²) in [7, 11) is 0. The van der Waals surface area contributed by atoms with Gasteiger partial charge in [-0.3, -0.25) is 10.1 Å². The van der Waals surface area contributed by atoms with Crippen molar-refractivity contribution < 1.29 is 9.53 Å². The van der Waals surface area contributed by atoms with E-state index in [1.807, 2.05) is 36.4 Å². The molecular formula is C20H13N3O2S. The summed E-state index contributed by atoms with van der Waals surface area (Å²) in [6.45, 7) is -0.122. The van der Waals surface area contributed by atoms with Crippen LogP contribution >= 0.6 is 11.3 Å². The van der Waals surface area contributed by atoms with E-state index in [2.05, 4.69) is 16.4 Å². The Hall–Kier alpha value is -3.43. The lowest BCUT2D eigenvalue weighted by Crippen LogP contribution is -2.19. The molecule has 0 atom stereocenters. The van der Waals surface area contributed by atoms with Gasteiger partial charge in [-0.2, -0.15) is 5.26 Å². The topological polar surface area (TPSA) is 75.0 Å². The van der Waals surface area contributed by atoms with Crippen LogP contribution in [-0.2, 0) is 4.79 Å². The Balaban J connectivity index is 1.47. The van der Waals surface area contributed by atoms with Gasteiger partial charge in [-0.05, 0) is 35.7 Å². The fraction of sp³-hybridized carbons (Fsp3) is 0.0500. The second kappa shape index (κ2) is 6.82. The molecule has 0 unspecified atom stereocenters. The first-order chi connectivity index (χ1) is 12.7. The highest BCUT2D eigenvalue weighted by atomic mass is 32.1. The molecule has 0 saturated carbocycles. The molecule has 4 rings (SSSR count). The average molecular weight is 359 g/mol. The summed E-state index contributed by atoms with van der Waals surface area (Å²) in [6, 6.07) is 20.7. The van der Waals surface area contributed by atoms with Crippen molar-refractivity contribution in [1.82, 2.24) is 4.98 Å². The van der Waals surface area contributed by atoms with Gasteiger partial charge in [0.05, 0.1) is 21.8 Å². The van der Waals surface area contributed by atoms with E-state index in [1.54, 1.807) is 24.3 Å². The Morgan fingerprint density at radius 3 is 2.73 bits per heavy atom. The molecule has 6 heteroatoms. The van der Waals surface area contributed by atoms with Crippen LogP contribution in [0.5, 0.6) is 5.75 Å². The van der Waals surface area contributed by atoms with Crippen LogP contribution in [0.25, 0.3) is 21.0 Å². The number of fused-ring (bicyclic) bond motifs is 3. The van der Waals surface area contributed by atoms with Crippen molar-refractivity contribution in [2.75, 3.05) is 11.9 Å². The molecule has 1 aromatic heterocycles. The molecule has 0 fully saturated rings. The van der Waals surface area contributed by atoms with Crippen LogP contribution < -0.4 is 10.1 Å². The van der Waals surface area contributed by atoms with E-state index in [-0.39, 0.29) is 12.5 Å². The van der Waals surface area contributed by atoms with Crippen molar-refractivity contribution in [2.45, 2.75) is 0 Å². The molecule has 0 aliphatic heterocycles. The lowest BCUT2D eigenvalue weighted by molar-refractivity contribution is -0.118. The predicted molar refractivity (Wildman–Crippen MR) is 102 cm³/mol. The minimum absolute atomic E-state index is 0.122. The van der Waals surface area contributed by atoms with Crippen LogP contribution in [0.2, 0.25) is 0 Å². The summed E-state index contributed by atoms with van der Waals surface area (Å²) in [4.78, 5) is 16.7. The third-order valence-corrected chi connectivity index (χ3v) is 4.82. The molecule has 1 heterocycles. The summed E-state index contributed by atoms with van der Waals surface area (Å²) in [5.41, 5.74) is 1.43. The number of amides is 1. The molecule has 5 nitrogen and oxygen atoms in total. The molecule has 3 aromatic carbocycles. The first kappa shape index (κ1) is 16.1. The van der Waals surface area contributed by atoms with E-state index in [9.17, 15) is 4.79 Å². The molecule has 4 aromatic rings. The Kier molecular flexibility index (Phi) is 4.22. The Labute approximate surface area is 153 Å². The minimum atomic E-state index is -0.280. The number of nitriles is 1. The maximum atomic E-state index is 12.1. The Morgan fingerprint density at radius 2 is 1.92 bits per heavy atom. The highest BCUT2D eigenvalue weighted by Gasteiger charge is 2.10. The standard InChI is InChI=1S/C20H13N3O2S/c21-11-13-5-8-15(9-6-13)25-12-18(24)22-20-23-19-16-4-2-1-3-14(16)7-10-17(19)26-20/h1-10H,12H2,(H,22,23,24). The number of carbonyl (C=O) groups excluding carboxylic acids is 1. The van der Waals surface area contributed by atoms with Crippen molar-refractivity contribution in [3.8, 4) is 11.8 Å². The number of anilines is 1. The fourth-order valence-corrected chi connectivity index (χ4v) is 3.54. The highest BCUT2D eigenvalue weighted by Crippen LogP contribution is 2.31. The average Bonchev–Trinajstić information content (AvgIpc) is 3.09. The maximum Gasteiger partial charge on any atom is 0.264 e. The van der Waals surface area contributed by atoms with Gasteiger partial charge in [0, 0.05) is 5.39 Å². The normalized spacial score (nSPS) is 10.6. The third kappa shape index (κ3) is 3.21. The molecular weight excluding hydrogens is 346 g/mol. The number of nitrogens with zero attached hydrogens (tertiary/aromatic N) is 2. The summed E-state index contributed by atoms with van der Waals surface area (Å²) < 4.78 is 6.46. The van der Waals surface area contributed by atoms with Crippen LogP contribution in [0.4, 0.5) is 5.13 Å². The van der Waals surface area contributed by atoms with Gasteiger partial charge in [-0.25, -0.2) is 4.98 Å². The van der Waals surface area contributed by atoms with Gasteiger partial charge in [0.2, 0.25) is 0 Å². The Bertz CT molecular complexity index is 1140. The second-order valence-electron chi connectivity index (χ2n) is 5.63. The number of nitrogens with one attached hydrogen (secondary N) is 1. The fourth-order valence-electron chi connectivity index (χ4n) is 2.64. The van der Waals surface area contributed by atoms with Crippen LogP contribution in [0.3, 0.4) is 0 Å². The smallest absolute Gasteiger partial charge is 0.264 e. The van der Waals surface area contributed by atoms with Crippen molar-refractivity contribution in [3.63, 3.8) is 0 Å². The van der Waals surface area contributed by atoms with Crippen LogP contribution in [0.1, 0.15) is 5.56 Å². The SMILES string of the molecule is N#Cc1ccc(OCC(=O)Nc2nc3c(ccc4ccccc43)s2)cc1. The van der Waals surface area contributed by atoms with E-state index in [1.165, 1.54) is 11.3 Å². The van der Waals surface area contributed by atoms with Crippen LogP contribution in [0.15, 0.2) is 60.7 Å². The molecule has 1 amide bonds. The van der Waals surface area contributed by atoms with Gasteiger partial charge in [-0.1, -0.05) is 41.7 Å². The number of benzene rings is 3. The zero-order chi connectivity index (χ0) is 17.9. The van der Waals surface area contributed by atoms with E-state index in [0.29, 0.717) is 16.4 Å². The largest absolute Gasteiger partial charge is 0.484 e. The van der Waals surface area contributed by atoms with Gasteiger partial charge < -0.3 is 4.74 Å². The predicted octanol–water partition coefficient (Wildman–Crippen LogP) is 4.34. The zero-order valence-corrected chi connectivity index (χ0v) is 14.4. The first-order valence-electron chi connectivity index (χ1n) is 7.94. The lowest BCUT2D eigenvalue weighted by atomic mass is 10.1. The number of thiazole rings is 1. The quantitative estimate of drug-likeness (QED) is 0.588. The molecule has 0 spiro atoms. The van der Waals surface area contributed by atoms with Gasteiger partial charge in [0.25, 0.3) is 5.91 Å². The first-order valence-corrected chi connectivity index (χ1v) is 8.76. The molecule has 0 aliphatic rings. The van der Waals surface area contributed by atoms with Crippen molar-refractivity contribution >= 4 is 43.4 Å². The summed E-state index contributed by atoms with van der Waals surface area (Å²) in [6.07, 6.45) is 0. The minimum Gasteiger partial charge on any atom is -0.484 e. The van der Waals surface area contributed by atoms with Crippen LogP contribution in [-0.4, -0.2) is 17.5 Å². The summed E-state index contributed by atoms with van der Waals surface area (Å²) >= 11 is 1.43. The molecule has 0 saturated heterocycles. The highest BCUT2D eigenvalue weighted by molar-refractivity contribution is 7.22. The zero-order valence-electron chi connectivity index (χ0n) is 13.6. The summed E-state index contributed by atoms with van der Waals surface area (Å²) in [5, 5.41) is 14.3. The molecule has 0 bridgehead atoms.